The van der Waals surface area contributed by atoms with E-state index in [1.54, 1.807) is 0 Å². The van der Waals surface area contributed by atoms with Crippen molar-refractivity contribution >= 4 is 0 Å². The van der Waals surface area contributed by atoms with Crippen molar-refractivity contribution in [2.75, 3.05) is 19.6 Å². The van der Waals surface area contributed by atoms with Crippen molar-refractivity contribution in [2.45, 2.75) is 19.3 Å². The fourth-order valence-corrected chi connectivity index (χ4v) is 2.54. The van der Waals surface area contributed by atoms with Gasteiger partial charge in [0.2, 0.25) is 0 Å². The number of hydrogen-bond acceptors (Lipinski definition) is 2. The van der Waals surface area contributed by atoms with Crippen molar-refractivity contribution in [2.24, 2.45) is 11.8 Å². The van der Waals surface area contributed by atoms with Crippen LogP contribution in [0.1, 0.15) is 19.3 Å². The van der Waals surface area contributed by atoms with Crippen molar-refractivity contribution in [3.05, 3.63) is 0 Å². The molecule has 1 saturated heterocycles. The maximum absolute atomic E-state index is 8.52. The molecule has 2 rings (SSSR count). The second kappa shape index (κ2) is 2.83. The largest absolute Gasteiger partial charge is 0.290 e. The molecule has 2 fully saturated rings. The molecule has 2 unspecified atom stereocenters. The quantitative estimate of drug-likeness (QED) is 0.526. The predicted molar refractivity (Wildman–Crippen MR) is 42.9 cm³/mol. The lowest BCUT2D eigenvalue weighted by Crippen LogP contribution is -2.36. The van der Waals surface area contributed by atoms with Gasteiger partial charge in [-0.1, -0.05) is 0 Å². The van der Waals surface area contributed by atoms with Gasteiger partial charge in [0.1, 0.15) is 0 Å². The van der Waals surface area contributed by atoms with Crippen LogP contribution in [0.15, 0.2) is 0 Å². The van der Waals surface area contributed by atoms with Crippen molar-refractivity contribution in [1.82, 2.24) is 4.90 Å². The van der Waals surface area contributed by atoms with E-state index in [1.165, 1.54) is 32.4 Å². The van der Waals surface area contributed by atoms with Crippen LogP contribution in [0.5, 0.6) is 0 Å². The monoisotopic (exact) mass is 150 g/mol. The Labute approximate surface area is 67.8 Å². The first-order valence-corrected chi connectivity index (χ1v) is 4.48. The van der Waals surface area contributed by atoms with Crippen LogP contribution in [0, 0.1) is 23.2 Å². The van der Waals surface area contributed by atoms with Gasteiger partial charge in [-0.25, -0.2) is 0 Å². The molecule has 0 radical (unpaired) electrons. The van der Waals surface area contributed by atoms with Crippen LogP contribution in [0.25, 0.3) is 0 Å². The Balaban J connectivity index is 1.93. The van der Waals surface area contributed by atoms with E-state index < -0.39 is 0 Å². The van der Waals surface area contributed by atoms with Crippen molar-refractivity contribution in [3.8, 4) is 6.07 Å². The summed E-state index contributed by atoms with van der Waals surface area (Å²) in [5.74, 6) is 1.84. The first-order valence-electron chi connectivity index (χ1n) is 4.48. The molecule has 2 nitrogen and oxygen atoms in total. The summed E-state index contributed by atoms with van der Waals surface area (Å²) in [4.78, 5) is 2.31. The third kappa shape index (κ3) is 1.39. The van der Waals surface area contributed by atoms with Gasteiger partial charge in [0, 0.05) is 13.1 Å². The van der Waals surface area contributed by atoms with Crippen LogP contribution in [-0.4, -0.2) is 24.5 Å². The minimum atomic E-state index is 0.646. The average Bonchev–Trinajstić information content (AvgIpc) is 2.32. The summed E-state index contributed by atoms with van der Waals surface area (Å²) >= 11 is 0. The molecular weight excluding hydrogens is 136 g/mol. The maximum Gasteiger partial charge on any atom is 0.0866 e. The molecule has 0 N–H and O–H groups in total. The van der Waals surface area contributed by atoms with Crippen molar-refractivity contribution in [1.29, 1.82) is 5.26 Å². The lowest BCUT2D eigenvalue weighted by Gasteiger charge is -2.29. The Hall–Kier alpha value is -0.550. The summed E-state index contributed by atoms with van der Waals surface area (Å²) in [6.07, 6.45) is 4.25. The van der Waals surface area contributed by atoms with Crippen molar-refractivity contribution < 1.29 is 0 Å². The van der Waals surface area contributed by atoms with Gasteiger partial charge in [-0.2, -0.15) is 5.26 Å². The zero-order chi connectivity index (χ0) is 7.68. The molecule has 1 heterocycles. The fraction of sp³-hybridized carbons (Fsp3) is 0.889. The van der Waals surface area contributed by atoms with E-state index in [-0.39, 0.29) is 0 Å². The summed E-state index contributed by atoms with van der Waals surface area (Å²) in [5, 5.41) is 8.52. The number of piperidine rings is 1. The minimum absolute atomic E-state index is 0.646. The molecule has 11 heavy (non-hydrogen) atoms. The SMILES string of the molecule is N#CCN1CC2CCC(C2)C1. The fourth-order valence-electron chi connectivity index (χ4n) is 2.54. The van der Waals surface area contributed by atoms with Crippen LogP contribution < -0.4 is 0 Å². The second-order valence-corrected chi connectivity index (χ2v) is 3.90. The van der Waals surface area contributed by atoms with Crippen LogP contribution in [-0.2, 0) is 0 Å². The van der Waals surface area contributed by atoms with Crippen LogP contribution in [0.4, 0.5) is 0 Å². The Kier molecular flexibility index (Phi) is 1.83. The number of hydrogen-bond donors (Lipinski definition) is 0. The summed E-state index contributed by atoms with van der Waals surface area (Å²) in [7, 11) is 0. The highest BCUT2D eigenvalue weighted by Gasteiger charge is 2.32. The molecule has 1 aliphatic heterocycles. The highest BCUT2D eigenvalue weighted by molar-refractivity contribution is 4.89. The number of rotatable bonds is 1. The molecule has 0 aromatic heterocycles. The van der Waals surface area contributed by atoms with Crippen LogP contribution in [0.3, 0.4) is 0 Å². The molecular formula is C9H14N2. The van der Waals surface area contributed by atoms with Crippen LogP contribution >= 0.6 is 0 Å². The molecule has 0 aromatic rings. The van der Waals surface area contributed by atoms with E-state index in [1.807, 2.05) is 0 Å². The summed E-state index contributed by atoms with van der Waals surface area (Å²) in [6, 6.07) is 2.23. The van der Waals surface area contributed by atoms with E-state index in [9.17, 15) is 0 Å². The normalized spacial score (nSPS) is 37.0. The van der Waals surface area contributed by atoms with Gasteiger partial charge in [0.15, 0.2) is 0 Å². The minimum Gasteiger partial charge on any atom is -0.290 e. The lowest BCUT2D eigenvalue weighted by molar-refractivity contribution is 0.186. The summed E-state index contributed by atoms with van der Waals surface area (Å²) < 4.78 is 0. The van der Waals surface area contributed by atoms with Gasteiger partial charge in [0.05, 0.1) is 12.6 Å². The Morgan fingerprint density at radius 2 is 1.91 bits per heavy atom. The Bertz CT molecular complexity index is 170. The van der Waals surface area contributed by atoms with Gasteiger partial charge in [-0.3, -0.25) is 4.90 Å². The van der Waals surface area contributed by atoms with E-state index in [0.717, 1.165) is 11.8 Å². The molecule has 1 aliphatic carbocycles. The van der Waals surface area contributed by atoms with Gasteiger partial charge in [-0.05, 0) is 31.1 Å². The lowest BCUT2D eigenvalue weighted by atomic mass is 9.99. The van der Waals surface area contributed by atoms with E-state index in [0.29, 0.717) is 6.54 Å². The van der Waals surface area contributed by atoms with Gasteiger partial charge in [-0.15, -0.1) is 0 Å². The third-order valence-corrected chi connectivity index (χ3v) is 2.98. The molecule has 1 saturated carbocycles. The van der Waals surface area contributed by atoms with Gasteiger partial charge < -0.3 is 0 Å². The summed E-state index contributed by atoms with van der Waals surface area (Å²) in [6.45, 7) is 3.01. The van der Waals surface area contributed by atoms with Crippen molar-refractivity contribution in [3.63, 3.8) is 0 Å². The molecule has 0 amide bonds. The zero-order valence-electron chi connectivity index (χ0n) is 6.79. The average molecular weight is 150 g/mol. The molecule has 2 aliphatic rings. The zero-order valence-corrected chi connectivity index (χ0v) is 6.79. The molecule has 2 atom stereocenters. The highest BCUT2D eigenvalue weighted by Crippen LogP contribution is 2.35. The molecule has 0 spiro atoms. The Morgan fingerprint density at radius 1 is 1.27 bits per heavy atom. The maximum atomic E-state index is 8.52. The molecule has 60 valence electrons. The van der Waals surface area contributed by atoms with Crippen LogP contribution in [0.2, 0.25) is 0 Å². The smallest absolute Gasteiger partial charge is 0.0866 e. The number of nitriles is 1. The number of fused-ring (bicyclic) bond motifs is 2. The number of nitrogens with zero attached hydrogens (tertiary/aromatic N) is 2. The second-order valence-electron chi connectivity index (χ2n) is 3.90. The standard InChI is InChI=1S/C9H14N2/c10-3-4-11-6-8-1-2-9(5-8)7-11/h8-9H,1-2,4-7H2. The first kappa shape index (κ1) is 7.12. The molecule has 2 bridgehead atoms. The molecule has 0 aromatic carbocycles. The third-order valence-electron chi connectivity index (χ3n) is 2.98. The van der Waals surface area contributed by atoms with E-state index in [2.05, 4.69) is 11.0 Å². The molecule has 2 heteroatoms. The highest BCUT2D eigenvalue weighted by atomic mass is 15.1. The van der Waals surface area contributed by atoms with E-state index in [4.69, 9.17) is 5.26 Å². The number of likely N-dealkylation sites (tertiary alicyclic amines) is 1. The first-order chi connectivity index (χ1) is 5.38. The predicted octanol–water partition coefficient (Wildman–Crippen LogP) is 1.24. The van der Waals surface area contributed by atoms with Gasteiger partial charge in [0.25, 0.3) is 0 Å². The summed E-state index contributed by atoms with van der Waals surface area (Å²) in [5.41, 5.74) is 0. The topological polar surface area (TPSA) is 27.0 Å². The van der Waals surface area contributed by atoms with Gasteiger partial charge >= 0.3 is 0 Å². The van der Waals surface area contributed by atoms with E-state index >= 15 is 0 Å². The Morgan fingerprint density at radius 3 is 2.45 bits per heavy atom.